The maximum atomic E-state index is 11.5. The van der Waals surface area contributed by atoms with E-state index in [2.05, 4.69) is 5.32 Å². The van der Waals surface area contributed by atoms with Crippen LogP contribution < -0.4 is 5.32 Å². The smallest absolute Gasteiger partial charge is 0.315 e. The minimum absolute atomic E-state index is 0.0324. The normalized spacial score (nSPS) is 39.6. The van der Waals surface area contributed by atoms with Crippen molar-refractivity contribution in [2.75, 3.05) is 26.8 Å². The Bertz CT molecular complexity index is 194. The number of hydrogen-bond acceptors (Lipinski definition) is 4. The molecule has 2 atom stereocenters. The van der Waals surface area contributed by atoms with E-state index in [0.29, 0.717) is 13.2 Å². The lowest BCUT2D eigenvalue weighted by atomic mass is 9.84. The Morgan fingerprint density at radius 3 is 3.33 bits per heavy atom. The zero-order chi connectivity index (χ0) is 8.60. The third-order valence-corrected chi connectivity index (χ3v) is 2.85. The summed E-state index contributed by atoms with van der Waals surface area (Å²) in [6, 6.07) is 0. The fraction of sp³-hybridized carbons (Fsp3) is 0.875. The van der Waals surface area contributed by atoms with Crippen LogP contribution in [-0.4, -0.2) is 38.9 Å². The average molecular weight is 171 g/mol. The van der Waals surface area contributed by atoms with Crippen molar-refractivity contribution in [3.05, 3.63) is 0 Å². The minimum Gasteiger partial charge on any atom is -0.468 e. The molecule has 0 radical (unpaired) electrons. The van der Waals surface area contributed by atoms with E-state index in [-0.39, 0.29) is 17.5 Å². The molecule has 68 valence electrons. The maximum absolute atomic E-state index is 11.5. The van der Waals surface area contributed by atoms with Crippen LogP contribution in [0.4, 0.5) is 0 Å². The van der Waals surface area contributed by atoms with Crippen molar-refractivity contribution >= 4 is 5.97 Å². The molecule has 4 nitrogen and oxygen atoms in total. The number of ether oxygens (including phenoxy) is 2. The summed E-state index contributed by atoms with van der Waals surface area (Å²) in [6.07, 6.45) is 0.821. The number of esters is 1. The number of methoxy groups -OCH3 is 1. The molecule has 4 heteroatoms. The highest BCUT2D eigenvalue weighted by Crippen LogP contribution is 2.38. The molecule has 0 aromatic rings. The summed E-state index contributed by atoms with van der Waals surface area (Å²) < 4.78 is 10.2. The molecule has 0 spiro atoms. The third-order valence-electron chi connectivity index (χ3n) is 2.85. The molecule has 2 aliphatic heterocycles. The molecule has 0 aromatic heterocycles. The standard InChI is InChI=1S/C8H13NO3/c1-11-7(10)8-2-3-12-6(8)4-9-5-8/h6,9H,2-5H2,1H3. The quantitative estimate of drug-likeness (QED) is 0.542. The molecule has 12 heavy (non-hydrogen) atoms. The Morgan fingerprint density at radius 1 is 1.75 bits per heavy atom. The van der Waals surface area contributed by atoms with Crippen LogP contribution in [0.3, 0.4) is 0 Å². The second kappa shape index (κ2) is 2.71. The molecule has 0 aliphatic carbocycles. The van der Waals surface area contributed by atoms with Gasteiger partial charge in [0.05, 0.1) is 13.2 Å². The second-order valence-electron chi connectivity index (χ2n) is 3.39. The van der Waals surface area contributed by atoms with Crippen molar-refractivity contribution in [2.45, 2.75) is 12.5 Å². The Kier molecular flexibility index (Phi) is 1.81. The largest absolute Gasteiger partial charge is 0.468 e. The number of carbonyl (C=O) groups excluding carboxylic acids is 1. The summed E-state index contributed by atoms with van der Waals surface area (Å²) in [5.41, 5.74) is -0.380. The second-order valence-corrected chi connectivity index (χ2v) is 3.39. The molecular weight excluding hydrogens is 158 g/mol. The van der Waals surface area contributed by atoms with Crippen molar-refractivity contribution in [1.82, 2.24) is 5.32 Å². The Labute approximate surface area is 71.2 Å². The lowest BCUT2D eigenvalue weighted by Gasteiger charge is -2.22. The Balaban J connectivity index is 2.21. The van der Waals surface area contributed by atoms with Crippen molar-refractivity contribution in [3.63, 3.8) is 0 Å². The molecule has 2 saturated heterocycles. The van der Waals surface area contributed by atoms with Gasteiger partial charge in [-0.15, -0.1) is 0 Å². The summed E-state index contributed by atoms with van der Waals surface area (Å²) in [6.45, 7) is 2.15. The van der Waals surface area contributed by atoms with Crippen LogP contribution in [-0.2, 0) is 14.3 Å². The highest BCUT2D eigenvalue weighted by molar-refractivity contribution is 5.78. The molecular formula is C8H13NO3. The van der Waals surface area contributed by atoms with Gasteiger partial charge in [0.25, 0.3) is 0 Å². The Hall–Kier alpha value is -0.610. The predicted molar refractivity (Wildman–Crippen MR) is 41.7 cm³/mol. The fourth-order valence-electron chi connectivity index (χ4n) is 2.10. The molecule has 0 aromatic carbocycles. The molecule has 0 bridgehead atoms. The van der Waals surface area contributed by atoms with E-state index in [1.807, 2.05) is 0 Å². The zero-order valence-corrected chi connectivity index (χ0v) is 7.13. The summed E-state index contributed by atoms with van der Waals surface area (Å²) in [7, 11) is 1.44. The van der Waals surface area contributed by atoms with Crippen LogP contribution in [0.2, 0.25) is 0 Å². The topological polar surface area (TPSA) is 47.6 Å². The van der Waals surface area contributed by atoms with Gasteiger partial charge in [0.1, 0.15) is 5.41 Å². The van der Waals surface area contributed by atoms with Crippen LogP contribution in [0.15, 0.2) is 0 Å². The molecule has 1 N–H and O–H groups in total. The average Bonchev–Trinajstić information content (AvgIpc) is 2.60. The van der Waals surface area contributed by atoms with Gasteiger partial charge >= 0.3 is 5.97 Å². The lowest BCUT2D eigenvalue weighted by Crippen LogP contribution is -2.39. The number of carbonyl (C=O) groups is 1. The van der Waals surface area contributed by atoms with Crippen molar-refractivity contribution in [1.29, 1.82) is 0 Å². The van der Waals surface area contributed by atoms with E-state index in [1.165, 1.54) is 7.11 Å². The van der Waals surface area contributed by atoms with Gasteiger partial charge in [0.2, 0.25) is 0 Å². The van der Waals surface area contributed by atoms with Crippen LogP contribution in [0.5, 0.6) is 0 Å². The number of fused-ring (bicyclic) bond motifs is 1. The van der Waals surface area contributed by atoms with Gasteiger partial charge in [0, 0.05) is 19.7 Å². The van der Waals surface area contributed by atoms with Crippen LogP contribution >= 0.6 is 0 Å². The van der Waals surface area contributed by atoms with Gasteiger partial charge in [-0.2, -0.15) is 0 Å². The van der Waals surface area contributed by atoms with Crippen LogP contribution in [0.25, 0.3) is 0 Å². The number of nitrogens with one attached hydrogen (secondary N) is 1. The first-order valence-corrected chi connectivity index (χ1v) is 4.20. The molecule has 2 fully saturated rings. The van der Waals surface area contributed by atoms with Crippen molar-refractivity contribution < 1.29 is 14.3 Å². The van der Waals surface area contributed by atoms with Gasteiger partial charge in [0.15, 0.2) is 0 Å². The monoisotopic (exact) mass is 171 g/mol. The molecule has 2 heterocycles. The highest BCUT2D eigenvalue weighted by atomic mass is 16.5. The molecule has 2 aliphatic rings. The number of rotatable bonds is 1. The third kappa shape index (κ3) is 0.881. The summed E-state index contributed by atoms with van der Waals surface area (Å²) >= 11 is 0. The first-order valence-electron chi connectivity index (χ1n) is 4.20. The van der Waals surface area contributed by atoms with Gasteiger partial charge in [-0.25, -0.2) is 0 Å². The van der Waals surface area contributed by atoms with E-state index in [0.717, 1.165) is 13.0 Å². The van der Waals surface area contributed by atoms with E-state index in [9.17, 15) is 4.79 Å². The van der Waals surface area contributed by atoms with E-state index in [1.54, 1.807) is 0 Å². The van der Waals surface area contributed by atoms with Crippen LogP contribution in [0.1, 0.15) is 6.42 Å². The molecule has 0 amide bonds. The first kappa shape index (κ1) is 8.01. The van der Waals surface area contributed by atoms with E-state index < -0.39 is 0 Å². The predicted octanol–water partition coefficient (Wildman–Crippen LogP) is -0.462. The SMILES string of the molecule is COC(=O)C12CCOC1CNC2. The maximum Gasteiger partial charge on any atom is 0.315 e. The van der Waals surface area contributed by atoms with E-state index >= 15 is 0 Å². The summed E-state index contributed by atoms with van der Waals surface area (Å²) in [4.78, 5) is 11.5. The highest BCUT2D eigenvalue weighted by Gasteiger charge is 2.54. The van der Waals surface area contributed by atoms with Crippen LogP contribution in [0, 0.1) is 5.41 Å². The lowest BCUT2D eigenvalue weighted by molar-refractivity contribution is -0.153. The molecule has 0 saturated carbocycles. The van der Waals surface area contributed by atoms with Gasteiger partial charge < -0.3 is 14.8 Å². The van der Waals surface area contributed by atoms with Gasteiger partial charge in [-0.3, -0.25) is 4.79 Å². The van der Waals surface area contributed by atoms with Gasteiger partial charge in [-0.1, -0.05) is 0 Å². The van der Waals surface area contributed by atoms with Gasteiger partial charge in [-0.05, 0) is 6.42 Å². The zero-order valence-electron chi connectivity index (χ0n) is 7.13. The molecule has 2 rings (SSSR count). The summed E-state index contributed by atoms with van der Waals surface area (Å²) in [5.74, 6) is -0.130. The first-order chi connectivity index (χ1) is 5.79. The Morgan fingerprint density at radius 2 is 2.58 bits per heavy atom. The molecule has 2 unspecified atom stereocenters. The van der Waals surface area contributed by atoms with Crippen molar-refractivity contribution in [3.8, 4) is 0 Å². The number of hydrogen-bond donors (Lipinski definition) is 1. The fourth-order valence-corrected chi connectivity index (χ4v) is 2.10. The van der Waals surface area contributed by atoms with Crippen molar-refractivity contribution in [2.24, 2.45) is 5.41 Å². The van der Waals surface area contributed by atoms with E-state index in [4.69, 9.17) is 9.47 Å². The minimum atomic E-state index is -0.380. The summed E-state index contributed by atoms with van der Waals surface area (Å²) in [5, 5.41) is 3.15.